The average Bonchev–Trinajstić information content (AvgIpc) is 2.82. The van der Waals surface area contributed by atoms with E-state index in [2.05, 4.69) is 14.4 Å². The summed E-state index contributed by atoms with van der Waals surface area (Å²) in [6.07, 6.45) is 1.75. The van der Waals surface area contributed by atoms with Crippen LogP contribution >= 0.6 is 31.0 Å². The molecule has 0 amide bonds. The van der Waals surface area contributed by atoms with Crippen molar-refractivity contribution in [1.82, 2.24) is 9.63 Å². The Kier molecular flexibility index (Phi) is 8.27. The van der Waals surface area contributed by atoms with Crippen molar-refractivity contribution in [2.45, 2.75) is 12.8 Å². The Morgan fingerprint density at radius 3 is 2.46 bits per heavy atom. The number of unbranched alkanes of at least 4 members (excludes halogenated alkanes) is 1. The minimum Gasteiger partial charge on any atom is -0.778 e. The number of halogens is 2. The third-order valence-electron chi connectivity index (χ3n) is 5.79. The van der Waals surface area contributed by atoms with Gasteiger partial charge in [0.05, 0.1) is 27.9 Å². The molecule has 9 nitrogen and oxygen atoms in total. The summed E-state index contributed by atoms with van der Waals surface area (Å²) in [4.78, 5) is 38.7. The first-order chi connectivity index (χ1) is 16.7. The van der Waals surface area contributed by atoms with Gasteiger partial charge in [-0.25, -0.2) is 0 Å². The molecule has 0 N–H and O–H groups in total. The van der Waals surface area contributed by atoms with Crippen LogP contribution in [0.1, 0.15) is 12.8 Å². The van der Waals surface area contributed by atoms with Crippen LogP contribution in [0.3, 0.4) is 0 Å². The molecular formula is C23H24Cl2N3O6P-2. The first-order valence-electron chi connectivity index (χ1n) is 11.1. The molecule has 2 aromatic carbocycles. The summed E-state index contributed by atoms with van der Waals surface area (Å²) in [6, 6.07) is 13.2. The predicted octanol–water partition coefficient (Wildman–Crippen LogP) is 2.55. The maximum absolute atomic E-state index is 12.0. The van der Waals surface area contributed by atoms with E-state index in [0.717, 1.165) is 57.3 Å². The van der Waals surface area contributed by atoms with Crippen molar-refractivity contribution in [2.24, 2.45) is 0 Å². The molecule has 0 aliphatic carbocycles. The molecule has 0 saturated carbocycles. The number of rotatable bonds is 9. The van der Waals surface area contributed by atoms with Gasteiger partial charge in [-0.15, -0.1) is 4.73 Å². The van der Waals surface area contributed by atoms with Gasteiger partial charge in [0.1, 0.15) is 13.6 Å². The Balaban J connectivity index is 1.25. The number of ether oxygens (including phenoxy) is 1. The molecule has 2 heterocycles. The Bertz CT molecular complexity index is 1290. The Morgan fingerprint density at radius 2 is 1.71 bits per heavy atom. The van der Waals surface area contributed by atoms with E-state index in [-0.39, 0.29) is 5.52 Å². The SMILES string of the molecule is O=c1ccc2ccc(OCCCCN3CCN(c4cccc(Cl)c4Cl)CC3)cc2n1OP(=O)([O-])[O-]. The standard InChI is InChI=1S/C23H26Cl2N3O6P/c24-19-4-3-5-20(23(19)25)27-13-11-26(12-14-27)10-1-2-15-33-18-8-6-17-7-9-22(29)28(21(17)16-18)34-35(30,31)32/h3-9,16H,1-2,10-15H2,(H2,30,31,32)/p-2. The molecule has 1 saturated heterocycles. The van der Waals surface area contributed by atoms with E-state index in [1.54, 1.807) is 18.2 Å². The third-order valence-corrected chi connectivity index (χ3v) is 6.96. The van der Waals surface area contributed by atoms with Gasteiger partial charge < -0.3 is 28.6 Å². The van der Waals surface area contributed by atoms with Gasteiger partial charge in [-0.05, 0) is 49.7 Å². The molecule has 0 atom stereocenters. The number of phosphoric acid groups is 1. The van der Waals surface area contributed by atoms with Crippen LogP contribution in [0.2, 0.25) is 10.0 Å². The van der Waals surface area contributed by atoms with Gasteiger partial charge in [-0.1, -0.05) is 29.3 Å². The van der Waals surface area contributed by atoms with Gasteiger partial charge in [-0.2, -0.15) is 0 Å². The van der Waals surface area contributed by atoms with Crippen LogP contribution in [-0.2, 0) is 4.57 Å². The Morgan fingerprint density at radius 1 is 0.971 bits per heavy atom. The molecule has 1 aliphatic rings. The zero-order valence-electron chi connectivity index (χ0n) is 18.8. The smallest absolute Gasteiger partial charge is 0.283 e. The van der Waals surface area contributed by atoms with Crippen molar-refractivity contribution in [3.8, 4) is 5.75 Å². The zero-order valence-corrected chi connectivity index (χ0v) is 21.2. The lowest BCUT2D eigenvalue weighted by molar-refractivity contribution is -0.341. The van der Waals surface area contributed by atoms with Crippen molar-refractivity contribution in [1.29, 1.82) is 0 Å². The van der Waals surface area contributed by atoms with E-state index in [1.165, 1.54) is 12.1 Å². The molecule has 3 aromatic rings. The quantitative estimate of drug-likeness (QED) is 0.301. The number of anilines is 1. The molecule has 12 heteroatoms. The Hall–Kier alpha value is -2.26. The number of hydrogen-bond donors (Lipinski definition) is 0. The lowest BCUT2D eigenvalue weighted by Crippen LogP contribution is -2.46. The normalized spacial score (nSPS) is 14.9. The fourth-order valence-electron chi connectivity index (χ4n) is 4.04. The number of piperazine rings is 1. The van der Waals surface area contributed by atoms with Gasteiger partial charge in [0.2, 0.25) is 0 Å². The van der Waals surface area contributed by atoms with Crippen LogP contribution in [0.15, 0.2) is 53.3 Å². The van der Waals surface area contributed by atoms with Crippen LogP contribution in [0, 0.1) is 0 Å². The molecule has 4 rings (SSSR count). The van der Waals surface area contributed by atoms with Crippen LogP contribution in [0.25, 0.3) is 10.9 Å². The van der Waals surface area contributed by atoms with E-state index in [1.807, 2.05) is 12.1 Å². The highest BCUT2D eigenvalue weighted by molar-refractivity contribution is 7.43. The van der Waals surface area contributed by atoms with Gasteiger partial charge in [-0.3, -0.25) is 9.69 Å². The minimum atomic E-state index is -5.40. The zero-order chi connectivity index (χ0) is 25.0. The molecular weight excluding hydrogens is 516 g/mol. The van der Waals surface area contributed by atoms with Crippen molar-refractivity contribution in [3.63, 3.8) is 0 Å². The highest BCUT2D eigenvalue weighted by atomic mass is 35.5. The number of nitrogens with zero attached hydrogens (tertiary/aromatic N) is 3. The summed E-state index contributed by atoms with van der Waals surface area (Å²) in [6.45, 7) is 4.98. The molecule has 188 valence electrons. The van der Waals surface area contributed by atoms with E-state index in [9.17, 15) is 19.1 Å². The number of pyridine rings is 1. The number of aromatic nitrogens is 1. The van der Waals surface area contributed by atoms with Gasteiger partial charge in [0.15, 0.2) is 0 Å². The summed E-state index contributed by atoms with van der Waals surface area (Å²) in [5.41, 5.74) is 0.339. The second kappa shape index (κ2) is 11.2. The molecule has 35 heavy (non-hydrogen) atoms. The molecule has 1 aromatic heterocycles. The lowest BCUT2D eigenvalue weighted by atomic mass is 10.2. The van der Waals surface area contributed by atoms with Crippen molar-refractivity contribution in [2.75, 3.05) is 44.2 Å². The van der Waals surface area contributed by atoms with Crippen LogP contribution in [0.4, 0.5) is 5.69 Å². The minimum absolute atomic E-state index is 0.139. The third kappa shape index (κ3) is 6.70. The summed E-state index contributed by atoms with van der Waals surface area (Å²) >= 11 is 12.5. The molecule has 0 unspecified atom stereocenters. The van der Waals surface area contributed by atoms with Gasteiger partial charge in [0, 0.05) is 43.7 Å². The van der Waals surface area contributed by atoms with E-state index >= 15 is 0 Å². The largest absolute Gasteiger partial charge is 0.778 e. The fraction of sp³-hybridized carbons (Fsp3) is 0.348. The maximum Gasteiger partial charge on any atom is 0.283 e. The molecule has 1 aliphatic heterocycles. The maximum atomic E-state index is 12.0. The van der Waals surface area contributed by atoms with E-state index < -0.39 is 13.4 Å². The predicted molar refractivity (Wildman–Crippen MR) is 132 cm³/mol. The summed E-state index contributed by atoms with van der Waals surface area (Å²) < 4.78 is 21.6. The summed E-state index contributed by atoms with van der Waals surface area (Å²) in [5.74, 6) is 0.444. The number of hydrogen-bond acceptors (Lipinski definition) is 8. The second-order valence-corrected chi connectivity index (χ2v) is 10.0. The molecule has 1 fully saturated rings. The Labute approximate surface area is 212 Å². The van der Waals surface area contributed by atoms with Gasteiger partial charge >= 0.3 is 0 Å². The van der Waals surface area contributed by atoms with Crippen LogP contribution < -0.4 is 29.6 Å². The monoisotopic (exact) mass is 539 g/mol. The molecule has 0 radical (unpaired) electrons. The molecule has 0 bridgehead atoms. The number of benzene rings is 2. The highest BCUT2D eigenvalue weighted by Gasteiger charge is 2.19. The summed E-state index contributed by atoms with van der Waals surface area (Å²) in [5, 5.41) is 1.68. The fourth-order valence-corrected chi connectivity index (χ4v) is 4.82. The van der Waals surface area contributed by atoms with Crippen LogP contribution in [-0.4, -0.2) is 49.0 Å². The van der Waals surface area contributed by atoms with E-state index in [4.69, 9.17) is 27.9 Å². The summed E-state index contributed by atoms with van der Waals surface area (Å²) in [7, 11) is -5.40. The van der Waals surface area contributed by atoms with Crippen molar-refractivity contribution >= 4 is 47.6 Å². The highest BCUT2D eigenvalue weighted by Crippen LogP contribution is 2.33. The van der Waals surface area contributed by atoms with Gasteiger partial charge in [0.25, 0.3) is 5.56 Å². The lowest BCUT2D eigenvalue weighted by Gasteiger charge is -2.36. The average molecular weight is 540 g/mol. The van der Waals surface area contributed by atoms with Crippen molar-refractivity contribution in [3.05, 3.63) is 68.9 Å². The second-order valence-electron chi connectivity index (χ2n) is 8.17. The molecule has 0 spiro atoms. The van der Waals surface area contributed by atoms with Crippen molar-refractivity contribution < 1.29 is 23.7 Å². The van der Waals surface area contributed by atoms with E-state index in [0.29, 0.717) is 32.5 Å². The number of fused-ring (bicyclic) bond motifs is 1. The first-order valence-corrected chi connectivity index (χ1v) is 13.3. The topological polar surface area (TPSA) is 110 Å². The van der Waals surface area contributed by atoms with Crippen LogP contribution in [0.5, 0.6) is 5.75 Å². The first kappa shape index (κ1) is 25.8.